The van der Waals surface area contributed by atoms with Crippen LogP contribution < -0.4 is 5.32 Å². The molecule has 72 valence electrons. The van der Waals surface area contributed by atoms with E-state index in [0.29, 0.717) is 0 Å². The molecule has 1 aliphatic rings. The Kier molecular flexibility index (Phi) is 4.30. The van der Waals surface area contributed by atoms with Gasteiger partial charge >= 0.3 is 0 Å². The van der Waals surface area contributed by atoms with Crippen LogP contribution in [0.1, 0.15) is 32.6 Å². The molecule has 0 aromatic carbocycles. The van der Waals surface area contributed by atoms with Gasteiger partial charge in [-0.25, -0.2) is 0 Å². The fraction of sp³-hybridized carbons (Fsp3) is 0.545. The average Bonchev–Trinajstić information content (AvgIpc) is 2.17. The number of amides is 1. The summed E-state index contributed by atoms with van der Waals surface area (Å²) in [4.78, 5) is 10.1. The molecular weight excluding hydrogens is 162 g/mol. The number of hydrogen-bond acceptors (Lipinski definition) is 1. The van der Waals surface area contributed by atoms with Crippen LogP contribution in [0.25, 0.3) is 0 Å². The molecule has 0 bridgehead atoms. The van der Waals surface area contributed by atoms with Crippen molar-refractivity contribution in [2.45, 2.75) is 38.6 Å². The second-order valence-corrected chi connectivity index (χ2v) is 3.48. The number of allylic oxidation sites excluding steroid dienone is 4. The number of carbonyl (C=O) groups is 1. The third-order valence-electron chi connectivity index (χ3n) is 2.29. The molecule has 0 saturated carbocycles. The lowest BCUT2D eigenvalue weighted by Crippen LogP contribution is -2.23. The van der Waals surface area contributed by atoms with Gasteiger partial charge in [-0.3, -0.25) is 4.79 Å². The fourth-order valence-corrected chi connectivity index (χ4v) is 1.44. The van der Waals surface area contributed by atoms with E-state index >= 15 is 0 Å². The monoisotopic (exact) mass is 179 g/mol. The minimum Gasteiger partial charge on any atom is -0.356 e. The topological polar surface area (TPSA) is 29.1 Å². The molecule has 1 amide bonds. The highest BCUT2D eigenvalue weighted by Gasteiger charge is 2.02. The quantitative estimate of drug-likeness (QED) is 0.644. The van der Waals surface area contributed by atoms with Gasteiger partial charge in [-0.15, -0.1) is 0 Å². The molecule has 13 heavy (non-hydrogen) atoms. The molecule has 1 N–H and O–H groups in total. The molecule has 0 aliphatic heterocycles. The first-order valence-corrected chi connectivity index (χ1v) is 4.88. The van der Waals surface area contributed by atoms with Crippen LogP contribution in [-0.2, 0) is 4.79 Å². The van der Waals surface area contributed by atoms with Gasteiger partial charge in [-0.05, 0) is 32.6 Å². The van der Waals surface area contributed by atoms with Gasteiger partial charge in [-0.1, -0.05) is 23.8 Å². The zero-order chi connectivity index (χ0) is 9.52. The summed E-state index contributed by atoms with van der Waals surface area (Å²) >= 11 is 0. The Balaban J connectivity index is 2.21. The molecule has 1 atom stereocenters. The van der Waals surface area contributed by atoms with Crippen molar-refractivity contribution < 1.29 is 4.79 Å². The van der Waals surface area contributed by atoms with Crippen molar-refractivity contribution in [3.05, 3.63) is 23.8 Å². The first kappa shape index (κ1) is 10.0. The Labute approximate surface area is 79.7 Å². The fourth-order valence-electron chi connectivity index (χ4n) is 1.44. The molecule has 2 nitrogen and oxygen atoms in total. The lowest BCUT2D eigenvalue weighted by atomic mass is 10.0. The van der Waals surface area contributed by atoms with Gasteiger partial charge in [0.15, 0.2) is 0 Å². The predicted octanol–water partition coefficient (Wildman–Crippen LogP) is 2.18. The maximum atomic E-state index is 10.1. The van der Waals surface area contributed by atoms with E-state index in [2.05, 4.69) is 23.5 Å². The van der Waals surface area contributed by atoms with Crippen molar-refractivity contribution in [1.82, 2.24) is 5.32 Å². The highest BCUT2D eigenvalue weighted by molar-refractivity contribution is 5.46. The summed E-state index contributed by atoms with van der Waals surface area (Å²) in [7, 11) is 0. The summed E-state index contributed by atoms with van der Waals surface area (Å²) in [5, 5.41) is 2.75. The third kappa shape index (κ3) is 3.92. The third-order valence-corrected chi connectivity index (χ3v) is 2.29. The van der Waals surface area contributed by atoms with Crippen LogP contribution in [0.2, 0.25) is 0 Å². The molecule has 2 heteroatoms. The molecule has 0 saturated heterocycles. The summed E-state index contributed by atoms with van der Waals surface area (Å²) in [5.41, 5.74) is 1.41. The Bertz CT molecular complexity index is 218. The molecular formula is C11H17NO. The van der Waals surface area contributed by atoms with Crippen LogP contribution in [-0.4, -0.2) is 12.5 Å². The largest absolute Gasteiger partial charge is 0.356 e. The van der Waals surface area contributed by atoms with Crippen LogP contribution in [0.15, 0.2) is 23.8 Å². The number of hydrogen-bond donors (Lipinski definition) is 1. The molecule has 0 aromatic heterocycles. The summed E-state index contributed by atoms with van der Waals surface area (Å²) < 4.78 is 0. The van der Waals surface area contributed by atoms with Crippen molar-refractivity contribution in [1.29, 1.82) is 0 Å². The van der Waals surface area contributed by atoms with Crippen LogP contribution in [0.3, 0.4) is 0 Å². The maximum absolute atomic E-state index is 10.1. The van der Waals surface area contributed by atoms with Crippen LogP contribution in [0, 0.1) is 0 Å². The number of nitrogens with one attached hydrogen (secondary N) is 1. The van der Waals surface area contributed by atoms with Gasteiger partial charge < -0.3 is 5.32 Å². The minimum absolute atomic E-state index is 0.286. The molecule has 0 radical (unpaired) electrons. The van der Waals surface area contributed by atoms with Crippen molar-refractivity contribution in [3.63, 3.8) is 0 Å². The molecule has 0 aromatic rings. The molecule has 0 heterocycles. The Hall–Kier alpha value is -1.05. The second kappa shape index (κ2) is 5.57. The zero-order valence-electron chi connectivity index (χ0n) is 8.12. The van der Waals surface area contributed by atoms with Crippen molar-refractivity contribution in [2.24, 2.45) is 0 Å². The zero-order valence-corrected chi connectivity index (χ0v) is 8.12. The van der Waals surface area contributed by atoms with Crippen LogP contribution in [0.5, 0.6) is 0 Å². The van der Waals surface area contributed by atoms with Crippen LogP contribution in [0.4, 0.5) is 0 Å². The molecule has 1 aliphatic carbocycles. The van der Waals surface area contributed by atoms with E-state index in [9.17, 15) is 4.79 Å². The minimum atomic E-state index is 0.286. The molecule has 0 spiro atoms. The van der Waals surface area contributed by atoms with Crippen LogP contribution >= 0.6 is 0 Å². The van der Waals surface area contributed by atoms with Crippen molar-refractivity contribution in [3.8, 4) is 0 Å². The van der Waals surface area contributed by atoms with Gasteiger partial charge in [0.25, 0.3) is 0 Å². The van der Waals surface area contributed by atoms with Gasteiger partial charge in [0.2, 0.25) is 6.41 Å². The molecule has 0 fully saturated rings. The highest BCUT2D eigenvalue weighted by atomic mass is 16.1. The SMILES string of the molecule is CC(CCC1=CCCC=C1)NC=O. The Morgan fingerprint density at radius 2 is 2.46 bits per heavy atom. The Morgan fingerprint density at radius 1 is 1.62 bits per heavy atom. The highest BCUT2D eigenvalue weighted by Crippen LogP contribution is 2.15. The van der Waals surface area contributed by atoms with Crippen molar-refractivity contribution >= 4 is 6.41 Å². The average molecular weight is 179 g/mol. The lowest BCUT2D eigenvalue weighted by Gasteiger charge is -2.11. The van der Waals surface area contributed by atoms with E-state index < -0.39 is 0 Å². The Morgan fingerprint density at radius 3 is 3.08 bits per heavy atom. The smallest absolute Gasteiger partial charge is 0.207 e. The van der Waals surface area contributed by atoms with Gasteiger partial charge in [0, 0.05) is 6.04 Å². The normalized spacial score (nSPS) is 17.8. The summed E-state index contributed by atoms with van der Waals surface area (Å²) in [5.74, 6) is 0. The van der Waals surface area contributed by atoms with E-state index in [0.717, 1.165) is 19.3 Å². The number of rotatable bonds is 5. The molecule has 1 unspecified atom stereocenters. The van der Waals surface area contributed by atoms with E-state index in [1.807, 2.05) is 6.92 Å². The van der Waals surface area contributed by atoms with Crippen molar-refractivity contribution in [2.75, 3.05) is 0 Å². The number of carbonyl (C=O) groups excluding carboxylic acids is 1. The first-order valence-electron chi connectivity index (χ1n) is 4.88. The molecule has 1 rings (SSSR count). The second-order valence-electron chi connectivity index (χ2n) is 3.48. The maximum Gasteiger partial charge on any atom is 0.207 e. The predicted molar refractivity (Wildman–Crippen MR) is 54.4 cm³/mol. The van der Waals surface area contributed by atoms with E-state index in [1.54, 1.807) is 0 Å². The van der Waals surface area contributed by atoms with Gasteiger partial charge in [0.1, 0.15) is 0 Å². The van der Waals surface area contributed by atoms with E-state index in [1.165, 1.54) is 18.4 Å². The van der Waals surface area contributed by atoms with Gasteiger partial charge in [-0.2, -0.15) is 0 Å². The van der Waals surface area contributed by atoms with E-state index in [4.69, 9.17) is 0 Å². The first-order chi connectivity index (χ1) is 6.33. The summed E-state index contributed by atoms with van der Waals surface area (Å²) in [6.07, 6.45) is 11.9. The standard InChI is InChI=1S/C11H17NO/c1-10(12-9-13)7-8-11-5-3-2-4-6-11/h3,5-6,9-10H,2,4,7-8H2,1H3,(H,12,13). The van der Waals surface area contributed by atoms with E-state index in [-0.39, 0.29) is 6.04 Å². The lowest BCUT2D eigenvalue weighted by molar-refractivity contribution is -0.110. The summed E-state index contributed by atoms with van der Waals surface area (Å²) in [6, 6.07) is 0.286. The summed E-state index contributed by atoms with van der Waals surface area (Å²) in [6.45, 7) is 2.03. The van der Waals surface area contributed by atoms with Gasteiger partial charge in [0.05, 0.1) is 0 Å².